The normalized spacial score (nSPS) is 16.5. The van der Waals surface area contributed by atoms with E-state index in [1.54, 1.807) is 37.3 Å². The van der Waals surface area contributed by atoms with Gasteiger partial charge in [-0.3, -0.25) is 19.3 Å². The molecule has 1 aromatic carbocycles. The van der Waals surface area contributed by atoms with E-state index in [-0.39, 0.29) is 6.54 Å². The minimum Gasteiger partial charge on any atom is -0.481 e. The molecule has 19 heavy (non-hydrogen) atoms. The third-order valence-corrected chi connectivity index (χ3v) is 3.05. The molecule has 2 amide bonds. The van der Waals surface area contributed by atoms with Crippen LogP contribution in [0.5, 0.6) is 0 Å². The van der Waals surface area contributed by atoms with E-state index in [4.69, 9.17) is 0 Å². The first-order chi connectivity index (χ1) is 9.00. The van der Waals surface area contributed by atoms with Crippen molar-refractivity contribution in [3.05, 3.63) is 47.5 Å². The lowest BCUT2D eigenvalue weighted by atomic mass is 9.99. The lowest BCUT2D eigenvalue weighted by molar-refractivity contribution is -0.142. The van der Waals surface area contributed by atoms with Crippen LogP contribution in [-0.4, -0.2) is 34.3 Å². The van der Waals surface area contributed by atoms with Crippen LogP contribution >= 0.6 is 0 Å². The Morgan fingerprint density at radius 2 is 1.89 bits per heavy atom. The molecule has 5 nitrogen and oxygen atoms in total. The van der Waals surface area contributed by atoms with Gasteiger partial charge in [-0.05, 0) is 12.5 Å². The van der Waals surface area contributed by atoms with Gasteiger partial charge in [-0.1, -0.05) is 30.3 Å². The predicted octanol–water partition coefficient (Wildman–Crippen LogP) is 1.17. The lowest BCUT2D eigenvalue weighted by Gasteiger charge is -2.20. The standard InChI is InChI=1S/C14H13NO4/c1-9-7-12(16)15(13(9)17)8-11(14(18)19)10-5-3-2-4-6-10/h2-7,11H,8H2,1H3,(H,18,19). The largest absolute Gasteiger partial charge is 0.481 e. The number of amides is 2. The molecular weight excluding hydrogens is 246 g/mol. The highest BCUT2D eigenvalue weighted by molar-refractivity contribution is 6.16. The summed E-state index contributed by atoms with van der Waals surface area (Å²) >= 11 is 0. The molecule has 1 heterocycles. The maximum Gasteiger partial charge on any atom is 0.312 e. The monoisotopic (exact) mass is 259 g/mol. The summed E-state index contributed by atoms with van der Waals surface area (Å²) in [6.45, 7) is 1.39. The van der Waals surface area contributed by atoms with Gasteiger partial charge in [0.05, 0.1) is 5.92 Å². The molecule has 0 saturated carbocycles. The quantitative estimate of drug-likeness (QED) is 0.824. The van der Waals surface area contributed by atoms with E-state index >= 15 is 0 Å². The fourth-order valence-electron chi connectivity index (χ4n) is 2.00. The van der Waals surface area contributed by atoms with Crippen LogP contribution in [0.4, 0.5) is 0 Å². The van der Waals surface area contributed by atoms with Crippen LogP contribution < -0.4 is 0 Å². The highest BCUT2D eigenvalue weighted by Gasteiger charge is 2.33. The number of nitrogens with zero attached hydrogens (tertiary/aromatic N) is 1. The van der Waals surface area contributed by atoms with Gasteiger partial charge < -0.3 is 5.11 Å². The fourth-order valence-corrected chi connectivity index (χ4v) is 2.00. The van der Waals surface area contributed by atoms with Crippen molar-refractivity contribution in [2.24, 2.45) is 0 Å². The predicted molar refractivity (Wildman–Crippen MR) is 67.3 cm³/mol. The van der Waals surface area contributed by atoms with Crippen LogP contribution in [0.3, 0.4) is 0 Å². The van der Waals surface area contributed by atoms with Crippen molar-refractivity contribution in [2.45, 2.75) is 12.8 Å². The summed E-state index contributed by atoms with van der Waals surface area (Å²) in [7, 11) is 0. The number of hydrogen-bond acceptors (Lipinski definition) is 3. The van der Waals surface area contributed by atoms with Crippen LogP contribution in [0, 0.1) is 0 Å². The Morgan fingerprint density at radius 1 is 1.26 bits per heavy atom. The minimum atomic E-state index is -1.06. The maximum atomic E-state index is 11.7. The first-order valence-electron chi connectivity index (χ1n) is 5.82. The molecule has 1 aliphatic heterocycles. The van der Waals surface area contributed by atoms with Gasteiger partial charge in [0, 0.05) is 18.2 Å². The van der Waals surface area contributed by atoms with Gasteiger partial charge in [-0.15, -0.1) is 0 Å². The Kier molecular flexibility index (Phi) is 3.46. The van der Waals surface area contributed by atoms with Gasteiger partial charge in [0.2, 0.25) is 0 Å². The van der Waals surface area contributed by atoms with Crippen LogP contribution in [-0.2, 0) is 14.4 Å². The van der Waals surface area contributed by atoms with Gasteiger partial charge in [0.25, 0.3) is 11.8 Å². The Morgan fingerprint density at radius 3 is 2.37 bits per heavy atom. The van der Waals surface area contributed by atoms with E-state index in [2.05, 4.69) is 0 Å². The van der Waals surface area contributed by atoms with Gasteiger partial charge in [0.15, 0.2) is 0 Å². The third kappa shape index (κ3) is 2.54. The molecule has 0 fully saturated rings. The molecule has 5 heteroatoms. The molecule has 1 atom stereocenters. The van der Waals surface area contributed by atoms with E-state index in [1.165, 1.54) is 6.08 Å². The highest BCUT2D eigenvalue weighted by atomic mass is 16.4. The Hall–Kier alpha value is -2.43. The van der Waals surface area contributed by atoms with E-state index < -0.39 is 23.7 Å². The van der Waals surface area contributed by atoms with Crippen LogP contribution in [0.15, 0.2) is 42.0 Å². The Labute approximate surface area is 110 Å². The van der Waals surface area contributed by atoms with Gasteiger partial charge in [0.1, 0.15) is 0 Å². The number of carbonyl (C=O) groups excluding carboxylic acids is 2. The summed E-state index contributed by atoms with van der Waals surface area (Å²) in [4.78, 5) is 35.7. The fraction of sp³-hybridized carbons (Fsp3) is 0.214. The average Bonchev–Trinajstić information content (AvgIpc) is 2.62. The molecule has 1 aliphatic rings. The van der Waals surface area contributed by atoms with Crippen molar-refractivity contribution in [1.29, 1.82) is 0 Å². The van der Waals surface area contributed by atoms with Crippen LogP contribution in [0.1, 0.15) is 18.4 Å². The van der Waals surface area contributed by atoms with Crippen molar-refractivity contribution in [1.82, 2.24) is 4.90 Å². The molecule has 98 valence electrons. The number of carboxylic acids is 1. The SMILES string of the molecule is CC1=CC(=O)N(CC(C(=O)O)c2ccccc2)C1=O. The number of carboxylic acid groups (broad SMARTS) is 1. The molecule has 0 radical (unpaired) electrons. The molecule has 0 aromatic heterocycles. The topological polar surface area (TPSA) is 74.7 Å². The van der Waals surface area contributed by atoms with Crippen molar-refractivity contribution < 1.29 is 19.5 Å². The zero-order chi connectivity index (χ0) is 14.0. The first kappa shape index (κ1) is 13.0. The van der Waals surface area contributed by atoms with Crippen LogP contribution in [0.2, 0.25) is 0 Å². The summed E-state index contributed by atoms with van der Waals surface area (Å²) in [5.41, 5.74) is 0.905. The van der Waals surface area contributed by atoms with Gasteiger partial charge in [-0.2, -0.15) is 0 Å². The van der Waals surface area contributed by atoms with E-state index in [0.29, 0.717) is 11.1 Å². The molecule has 1 aromatic rings. The number of aliphatic carboxylic acids is 1. The van der Waals surface area contributed by atoms with E-state index in [0.717, 1.165) is 4.90 Å². The average molecular weight is 259 g/mol. The number of carbonyl (C=O) groups is 3. The second-order valence-electron chi connectivity index (χ2n) is 4.38. The summed E-state index contributed by atoms with van der Waals surface area (Å²) in [6, 6.07) is 8.57. The molecule has 0 saturated heterocycles. The summed E-state index contributed by atoms with van der Waals surface area (Å²) < 4.78 is 0. The van der Waals surface area contributed by atoms with Gasteiger partial charge in [-0.25, -0.2) is 0 Å². The second-order valence-corrected chi connectivity index (χ2v) is 4.38. The molecule has 2 rings (SSSR count). The maximum absolute atomic E-state index is 11.7. The zero-order valence-electron chi connectivity index (χ0n) is 10.4. The molecule has 0 bridgehead atoms. The van der Waals surface area contributed by atoms with Crippen molar-refractivity contribution in [3.63, 3.8) is 0 Å². The van der Waals surface area contributed by atoms with E-state index in [1.807, 2.05) is 0 Å². The van der Waals surface area contributed by atoms with Crippen LogP contribution in [0.25, 0.3) is 0 Å². The number of imide groups is 1. The zero-order valence-corrected chi connectivity index (χ0v) is 10.4. The smallest absolute Gasteiger partial charge is 0.312 e. The number of benzene rings is 1. The summed E-state index contributed by atoms with van der Waals surface area (Å²) in [5.74, 6) is -2.85. The highest BCUT2D eigenvalue weighted by Crippen LogP contribution is 2.21. The van der Waals surface area contributed by atoms with Crippen molar-refractivity contribution in [2.75, 3.05) is 6.54 Å². The molecule has 0 spiro atoms. The molecular formula is C14H13NO4. The Balaban J connectivity index is 2.22. The molecule has 0 aliphatic carbocycles. The first-order valence-corrected chi connectivity index (χ1v) is 5.82. The minimum absolute atomic E-state index is 0.148. The Bertz CT molecular complexity index is 562. The number of hydrogen-bond donors (Lipinski definition) is 1. The van der Waals surface area contributed by atoms with Gasteiger partial charge >= 0.3 is 5.97 Å². The molecule has 1 N–H and O–H groups in total. The van der Waals surface area contributed by atoms with Crippen molar-refractivity contribution in [3.8, 4) is 0 Å². The third-order valence-electron chi connectivity index (χ3n) is 3.05. The second kappa shape index (κ2) is 5.06. The lowest BCUT2D eigenvalue weighted by Crippen LogP contribution is -2.37. The summed E-state index contributed by atoms with van der Waals surface area (Å²) in [6.07, 6.45) is 1.23. The molecule has 1 unspecified atom stereocenters. The summed E-state index contributed by atoms with van der Waals surface area (Å²) in [5, 5.41) is 9.26. The van der Waals surface area contributed by atoms with Crippen molar-refractivity contribution >= 4 is 17.8 Å². The number of rotatable bonds is 4. The van der Waals surface area contributed by atoms with E-state index in [9.17, 15) is 19.5 Å².